The minimum atomic E-state index is 0.650. The molecule has 0 radical (unpaired) electrons. The predicted molar refractivity (Wildman–Crippen MR) is 72.0 cm³/mol. The molecule has 0 fully saturated rings. The number of thiazole rings is 1. The maximum Gasteiger partial charge on any atom is 0.180 e. The molecule has 2 rings (SSSR count). The normalized spacial score (nSPS) is 10.6. The van der Waals surface area contributed by atoms with Crippen LogP contribution in [0, 0.1) is 13.8 Å². The van der Waals surface area contributed by atoms with Gasteiger partial charge in [-0.05, 0) is 25.5 Å². The monoisotopic (exact) mass is 250 g/mol. The highest BCUT2D eigenvalue weighted by Crippen LogP contribution is 2.29. The number of nitrogens with two attached hydrogens (primary N) is 1. The fourth-order valence-corrected chi connectivity index (χ4v) is 3.23. The molecule has 2 aromatic rings. The number of benzene rings is 1. The molecule has 0 aliphatic carbocycles. The number of nitrogen functional groups attached to an aromatic ring is 1. The van der Waals surface area contributed by atoms with Crippen LogP contribution in [0.3, 0.4) is 0 Å². The van der Waals surface area contributed by atoms with Crippen molar-refractivity contribution in [2.24, 2.45) is 0 Å². The molecule has 1 aromatic carbocycles. The number of aromatic nitrogens is 1. The quantitative estimate of drug-likeness (QED) is 0.845. The summed E-state index contributed by atoms with van der Waals surface area (Å²) in [5, 5.41) is 0.650. The zero-order chi connectivity index (χ0) is 11.5. The largest absolute Gasteiger partial charge is 0.375 e. The van der Waals surface area contributed by atoms with E-state index in [0.29, 0.717) is 5.13 Å². The number of hydrogen-bond donors (Lipinski definition) is 1. The molecular weight excluding hydrogens is 236 g/mol. The van der Waals surface area contributed by atoms with E-state index in [4.69, 9.17) is 5.73 Å². The Morgan fingerprint density at radius 3 is 2.88 bits per heavy atom. The number of aryl methyl sites for hydroxylation is 2. The SMILES string of the molecule is Cc1ccc(C)c(SCc2cnc(N)s2)c1. The number of hydrogen-bond acceptors (Lipinski definition) is 4. The highest BCUT2D eigenvalue weighted by Gasteiger charge is 2.03. The molecule has 16 heavy (non-hydrogen) atoms. The maximum atomic E-state index is 5.60. The van der Waals surface area contributed by atoms with Crippen LogP contribution in [-0.4, -0.2) is 4.98 Å². The van der Waals surface area contributed by atoms with Crippen molar-refractivity contribution >= 4 is 28.2 Å². The first-order valence-corrected chi connectivity index (χ1v) is 6.85. The summed E-state index contributed by atoms with van der Waals surface area (Å²) in [7, 11) is 0. The van der Waals surface area contributed by atoms with Crippen molar-refractivity contribution in [3.63, 3.8) is 0 Å². The molecule has 0 unspecified atom stereocenters. The molecule has 0 aliphatic heterocycles. The van der Waals surface area contributed by atoms with Crippen molar-refractivity contribution in [2.45, 2.75) is 24.5 Å². The van der Waals surface area contributed by atoms with Gasteiger partial charge in [-0.25, -0.2) is 4.98 Å². The number of nitrogens with zero attached hydrogens (tertiary/aromatic N) is 1. The summed E-state index contributed by atoms with van der Waals surface area (Å²) in [5.41, 5.74) is 8.23. The lowest BCUT2D eigenvalue weighted by atomic mass is 10.2. The molecule has 2 N–H and O–H groups in total. The van der Waals surface area contributed by atoms with Gasteiger partial charge in [0.2, 0.25) is 0 Å². The van der Waals surface area contributed by atoms with E-state index in [2.05, 4.69) is 37.0 Å². The molecule has 0 atom stereocenters. The molecule has 0 amide bonds. The van der Waals surface area contributed by atoms with Gasteiger partial charge in [0.05, 0.1) is 0 Å². The lowest BCUT2D eigenvalue weighted by Gasteiger charge is -2.05. The average molecular weight is 250 g/mol. The maximum absolute atomic E-state index is 5.60. The van der Waals surface area contributed by atoms with Crippen molar-refractivity contribution in [1.82, 2.24) is 4.98 Å². The van der Waals surface area contributed by atoms with Crippen LogP contribution in [0.2, 0.25) is 0 Å². The molecule has 2 nitrogen and oxygen atoms in total. The van der Waals surface area contributed by atoms with Crippen LogP contribution in [0.15, 0.2) is 29.3 Å². The van der Waals surface area contributed by atoms with E-state index < -0.39 is 0 Å². The van der Waals surface area contributed by atoms with Gasteiger partial charge in [-0.3, -0.25) is 0 Å². The van der Waals surface area contributed by atoms with Gasteiger partial charge in [0.1, 0.15) is 0 Å². The summed E-state index contributed by atoms with van der Waals surface area (Å²) in [6.07, 6.45) is 1.86. The molecule has 84 valence electrons. The van der Waals surface area contributed by atoms with E-state index in [1.807, 2.05) is 18.0 Å². The summed E-state index contributed by atoms with van der Waals surface area (Å²) in [4.78, 5) is 6.62. The van der Waals surface area contributed by atoms with Crippen LogP contribution in [-0.2, 0) is 5.75 Å². The third-order valence-corrected chi connectivity index (χ3v) is 4.50. The first kappa shape index (κ1) is 11.5. The number of thioether (sulfide) groups is 1. The third-order valence-electron chi connectivity index (χ3n) is 2.29. The van der Waals surface area contributed by atoms with E-state index >= 15 is 0 Å². The zero-order valence-corrected chi connectivity index (χ0v) is 11.0. The Bertz CT molecular complexity index is 492. The molecular formula is C12H14N2S2. The Kier molecular flexibility index (Phi) is 3.51. The smallest absolute Gasteiger partial charge is 0.180 e. The average Bonchev–Trinajstić information content (AvgIpc) is 2.66. The van der Waals surface area contributed by atoms with Gasteiger partial charge in [0, 0.05) is 21.7 Å². The Labute approximate surface area is 104 Å². The fraction of sp³-hybridized carbons (Fsp3) is 0.250. The third kappa shape index (κ3) is 2.77. The van der Waals surface area contributed by atoms with Gasteiger partial charge < -0.3 is 5.73 Å². The topological polar surface area (TPSA) is 38.9 Å². The van der Waals surface area contributed by atoms with E-state index in [9.17, 15) is 0 Å². The molecule has 4 heteroatoms. The summed E-state index contributed by atoms with van der Waals surface area (Å²) >= 11 is 3.41. The molecule has 0 saturated carbocycles. The van der Waals surface area contributed by atoms with Gasteiger partial charge in [0.25, 0.3) is 0 Å². The fourth-order valence-electron chi connectivity index (χ4n) is 1.40. The summed E-state index contributed by atoms with van der Waals surface area (Å²) in [6.45, 7) is 4.26. The molecule has 0 spiro atoms. The van der Waals surface area contributed by atoms with Crippen LogP contribution >= 0.6 is 23.1 Å². The summed E-state index contributed by atoms with van der Waals surface area (Å²) < 4.78 is 0. The number of rotatable bonds is 3. The summed E-state index contributed by atoms with van der Waals surface area (Å²) in [5.74, 6) is 0.944. The lowest BCUT2D eigenvalue weighted by molar-refractivity contribution is 1.25. The van der Waals surface area contributed by atoms with Gasteiger partial charge in [-0.1, -0.05) is 17.7 Å². The Morgan fingerprint density at radius 1 is 1.38 bits per heavy atom. The van der Waals surface area contributed by atoms with E-state index in [0.717, 1.165) is 5.75 Å². The van der Waals surface area contributed by atoms with Crippen molar-refractivity contribution < 1.29 is 0 Å². The van der Waals surface area contributed by atoms with Crippen molar-refractivity contribution in [3.8, 4) is 0 Å². The Morgan fingerprint density at radius 2 is 2.19 bits per heavy atom. The Hall–Kier alpha value is -1.00. The second-order valence-corrected chi connectivity index (χ2v) is 5.89. The minimum absolute atomic E-state index is 0.650. The molecule has 0 saturated heterocycles. The van der Waals surface area contributed by atoms with Crippen molar-refractivity contribution in [2.75, 3.05) is 5.73 Å². The predicted octanol–water partition coefficient (Wildman–Crippen LogP) is 3.63. The van der Waals surface area contributed by atoms with E-state index in [-0.39, 0.29) is 0 Å². The van der Waals surface area contributed by atoms with Gasteiger partial charge in [-0.15, -0.1) is 23.1 Å². The number of anilines is 1. The Balaban J connectivity index is 2.07. The standard InChI is InChI=1S/C12H14N2S2/c1-8-3-4-9(2)11(5-8)15-7-10-6-14-12(13)16-10/h3-6H,7H2,1-2H3,(H2,13,14). The first-order chi connectivity index (χ1) is 7.65. The van der Waals surface area contributed by atoms with Crippen LogP contribution < -0.4 is 5.73 Å². The van der Waals surface area contributed by atoms with Gasteiger partial charge in [0.15, 0.2) is 5.13 Å². The van der Waals surface area contributed by atoms with Gasteiger partial charge >= 0.3 is 0 Å². The molecule has 1 heterocycles. The van der Waals surface area contributed by atoms with Crippen molar-refractivity contribution in [1.29, 1.82) is 0 Å². The van der Waals surface area contributed by atoms with Crippen LogP contribution in [0.25, 0.3) is 0 Å². The second-order valence-electron chi connectivity index (χ2n) is 3.72. The highest BCUT2D eigenvalue weighted by atomic mass is 32.2. The zero-order valence-electron chi connectivity index (χ0n) is 9.36. The first-order valence-electron chi connectivity index (χ1n) is 5.05. The van der Waals surface area contributed by atoms with Gasteiger partial charge in [-0.2, -0.15) is 0 Å². The molecule has 1 aromatic heterocycles. The van der Waals surface area contributed by atoms with Crippen LogP contribution in [0.4, 0.5) is 5.13 Å². The molecule has 0 aliphatic rings. The van der Waals surface area contributed by atoms with E-state index in [1.165, 1.54) is 20.9 Å². The minimum Gasteiger partial charge on any atom is -0.375 e. The molecule has 0 bridgehead atoms. The second kappa shape index (κ2) is 4.89. The van der Waals surface area contributed by atoms with Crippen LogP contribution in [0.5, 0.6) is 0 Å². The van der Waals surface area contributed by atoms with Crippen molar-refractivity contribution in [3.05, 3.63) is 40.4 Å². The van der Waals surface area contributed by atoms with Crippen LogP contribution in [0.1, 0.15) is 16.0 Å². The summed E-state index contributed by atoms with van der Waals surface area (Å²) in [6, 6.07) is 6.53. The highest BCUT2D eigenvalue weighted by molar-refractivity contribution is 7.98. The lowest BCUT2D eigenvalue weighted by Crippen LogP contribution is -1.82. The van der Waals surface area contributed by atoms with E-state index in [1.54, 1.807) is 11.3 Å².